The zero-order valence-electron chi connectivity index (χ0n) is 10.7. The van der Waals surface area contributed by atoms with E-state index >= 15 is 0 Å². The van der Waals surface area contributed by atoms with Gasteiger partial charge in [-0.2, -0.15) is 0 Å². The van der Waals surface area contributed by atoms with E-state index in [1.54, 1.807) is 30.3 Å². The van der Waals surface area contributed by atoms with Gasteiger partial charge in [-0.15, -0.1) is 0 Å². The first-order valence-corrected chi connectivity index (χ1v) is 7.92. The highest BCUT2D eigenvalue weighted by molar-refractivity contribution is 5.89. The van der Waals surface area contributed by atoms with Crippen LogP contribution in [0.25, 0.3) is 0 Å². The molecule has 2 rings (SSSR count). The largest absolute Gasteiger partial charge is 0.478 e. The van der Waals surface area contributed by atoms with Gasteiger partial charge in [-0.25, -0.2) is 9.59 Å². The molecule has 0 aliphatic carbocycles. The molecule has 20 heavy (non-hydrogen) atoms. The van der Waals surface area contributed by atoms with Crippen molar-refractivity contribution >= 4 is 11.9 Å². The third-order valence-electron chi connectivity index (χ3n) is 2.56. The summed E-state index contributed by atoms with van der Waals surface area (Å²) in [5.41, 5.74) is 0.813. The van der Waals surface area contributed by atoms with Gasteiger partial charge in [0, 0.05) is 6.07 Å². The second-order valence-corrected chi connectivity index (χ2v) is 6.94. The molecule has 2 aromatic rings. The molecule has 0 amide bonds. The number of carboxylic acid groups (broad SMARTS) is 1. The van der Waals surface area contributed by atoms with E-state index < -0.39 is 27.2 Å². The number of esters is 1. The van der Waals surface area contributed by atoms with Gasteiger partial charge < -0.3 is 9.84 Å². The van der Waals surface area contributed by atoms with Crippen LogP contribution in [0.4, 0.5) is 0 Å². The van der Waals surface area contributed by atoms with Gasteiger partial charge in [0.15, 0.2) is 7.14 Å². The third kappa shape index (κ3) is 3.57. The molecule has 102 valence electrons. The second-order valence-electron chi connectivity index (χ2n) is 3.91. The molecule has 0 aromatic heterocycles. The molecular formula is C15H12IO4+. The lowest BCUT2D eigenvalue weighted by molar-refractivity contribution is -0.597. The van der Waals surface area contributed by atoms with Gasteiger partial charge >= 0.3 is 33.1 Å². The van der Waals surface area contributed by atoms with E-state index in [1.807, 2.05) is 18.2 Å². The molecule has 0 heterocycles. The second kappa shape index (κ2) is 6.51. The Morgan fingerprint density at radius 3 is 2.30 bits per heavy atom. The first-order chi connectivity index (χ1) is 9.60. The number of benzene rings is 2. The van der Waals surface area contributed by atoms with Gasteiger partial charge in [0.25, 0.3) is 0 Å². The Bertz CT molecular complexity index is 635. The number of halogens is 1. The van der Waals surface area contributed by atoms with Crippen molar-refractivity contribution in [3.05, 3.63) is 66.8 Å². The van der Waals surface area contributed by atoms with Crippen LogP contribution in [-0.4, -0.2) is 24.2 Å². The minimum absolute atomic E-state index is 0.299. The number of rotatable bonds is 4. The molecule has 5 heteroatoms. The summed E-state index contributed by atoms with van der Waals surface area (Å²) >= 11 is -0.466. The predicted octanol–water partition coefficient (Wildman–Crippen LogP) is -0.700. The summed E-state index contributed by atoms with van der Waals surface area (Å²) in [5.74, 6) is -1.28. The summed E-state index contributed by atoms with van der Waals surface area (Å²) in [6.45, 7) is 0. The Kier molecular flexibility index (Phi) is 4.73. The van der Waals surface area contributed by atoms with Crippen LogP contribution in [0.5, 0.6) is 0 Å². The van der Waals surface area contributed by atoms with Crippen molar-refractivity contribution in [1.82, 2.24) is 0 Å². The molecule has 0 atom stereocenters. The number of aromatic carboxylic acids is 1. The molecule has 1 N–H and O–H groups in total. The van der Waals surface area contributed by atoms with Crippen LogP contribution in [-0.2, 0) is 4.74 Å². The minimum Gasteiger partial charge on any atom is -0.478 e. The van der Waals surface area contributed by atoms with Gasteiger partial charge in [-0.3, -0.25) is 0 Å². The van der Waals surface area contributed by atoms with Crippen LogP contribution >= 0.6 is 0 Å². The van der Waals surface area contributed by atoms with Crippen molar-refractivity contribution < 1.29 is 40.6 Å². The van der Waals surface area contributed by atoms with Crippen LogP contribution in [0.2, 0.25) is 0 Å². The Morgan fingerprint density at radius 2 is 1.70 bits per heavy atom. The van der Waals surface area contributed by atoms with Crippen LogP contribution in [0.1, 0.15) is 20.7 Å². The van der Waals surface area contributed by atoms with E-state index in [4.69, 9.17) is 5.11 Å². The summed E-state index contributed by atoms with van der Waals surface area (Å²) in [6, 6.07) is 14.2. The number of carbonyl (C=O) groups excluding carboxylic acids is 1. The molecular weight excluding hydrogens is 371 g/mol. The fraction of sp³-hybridized carbons (Fsp3) is 0.0667. The smallest absolute Gasteiger partial charge is 0.357 e. The Balaban J connectivity index is 2.16. The average molecular weight is 383 g/mol. The highest BCUT2D eigenvalue weighted by Crippen LogP contribution is 2.00. The topological polar surface area (TPSA) is 63.6 Å². The molecule has 0 aliphatic rings. The van der Waals surface area contributed by atoms with E-state index in [-0.39, 0.29) is 5.97 Å². The zero-order valence-corrected chi connectivity index (χ0v) is 12.8. The van der Waals surface area contributed by atoms with Gasteiger partial charge in [-0.1, -0.05) is 6.07 Å². The maximum absolute atomic E-state index is 11.3. The molecule has 0 aliphatic heterocycles. The molecule has 4 nitrogen and oxygen atoms in total. The number of ether oxygens (including phenoxy) is 1. The minimum atomic E-state index is -0.920. The Hall–Kier alpha value is -1.89. The molecule has 0 saturated heterocycles. The van der Waals surface area contributed by atoms with Gasteiger partial charge in [0.2, 0.25) is 0 Å². The molecule has 0 radical (unpaired) electrons. The molecule has 0 unspecified atom stereocenters. The summed E-state index contributed by atoms with van der Waals surface area (Å²) < 4.78 is 6.77. The molecule has 0 spiro atoms. The fourth-order valence-electron chi connectivity index (χ4n) is 1.57. The quantitative estimate of drug-likeness (QED) is 0.561. The van der Waals surface area contributed by atoms with Gasteiger partial charge in [0.05, 0.1) is 18.2 Å². The Labute approximate surface area is 126 Å². The summed E-state index contributed by atoms with van der Waals surface area (Å²) in [4.78, 5) is 22.2. The highest BCUT2D eigenvalue weighted by Gasteiger charge is 2.18. The standard InChI is InChI=1S/C15H11IO4/c1-20-15(19)10-5-7-12(8-6-10)16-13-4-2-3-11(9-13)14(17)18/h2-9H,1H3/p+1. The molecule has 2 aromatic carbocycles. The summed E-state index contributed by atoms with van der Waals surface area (Å²) in [5, 5.41) is 8.96. The van der Waals surface area contributed by atoms with E-state index in [0.717, 1.165) is 7.14 Å². The molecule has 0 bridgehead atoms. The van der Waals surface area contributed by atoms with Crippen molar-refractivity contribution in [3.8, 4) is 0 Å². The van der Waals surface area contributed by atoms with Crippen molar-refractivity contribution in [2.45, 2.75) is 0 Å². The summed E-state index contributed by atoms with van der Waals surface area (Å²) in [7, 11) is 1.35. The number of hydrogen-bond donors (Lipinski definition) is 1. The zero-order chi connectivity index (χ0) is 14.5. The first kappa shape index (κ1) is 14.5. The summed E-state index contributed by atoms with van der Waals surface area (Å²) in [6.07, 6.45) is 0. The lowest BCUT2D eigenvalue weighted by Crippen LogP contribution is -3.61. The van der Waals surface area contributed by atoms with Crippen LogP contribution in [0.15, 0.2) is 48.5 Å². The fourth-order valence-corrected chi connectivity index (χ4v) is 3.89. The number of carboxylic acids is 1. The highest BCUT2D eigenvalue weighted by atomic mass is 127. The van der Waals surface area contributed by atoms with E-state index in [1.165, 1.54) is 7.11 Å². The number of hydrogen-bond acceptors (Lipinski definition) is 3. The van der Waals surface area contributed by atoms with Crippen LogP contribution < -0.4 is 21.2 Å². The monoisotopic (exact) mass is 383 g/mol. The van der Waals surface area contributed by atoms with Crippen LogP contribution in [0.3, 0.4) is 0 Å². The maximum Gasteiger partial charge on any atom is 0.357 e. The van der Waals surface area contributed by atoms with E-state index in [2.05, 4.69) is 4.74 Å². The predicted molar refractivity (Wildman–Crippen MR) is 68.6 cm³/mol. The lowest BCUT2D eigenvalue weighted by Gasteiger charge is -1.97. The van der Waals surface area contributed by atoms with Gasteiger partial charge in [-0.05, 0) is 36.4 Å². The molecule has 0 saturated carbocycles. The van der Waals surface area contributed by atoms with Crippen molar-refractivity contribution in [3.63, 3.8) is 0 Å². The van der Waals surface area contributed by atoms with Crippen molar-refractivity contribution in [2.24, 2.45) is 0 Å². The van der Waals surface area contributed by atoms with E-state index in [0.29, 0.717) is 11.1 Å². The number of methoxy groups -OCH3 is 1. The SMILES string of the molecule is COC(=O)c1ccc([I+]c2cccc(C(=O)O)c2)cc1. The van der Waals surface area contributed by atoms with Crippen molar-refractivity contribution in [1.29, 1.82) is 0 Å². The normalized spacial score (nSPS) is 10.1. The van der Waals surface area contributed by atoms with Crippen molar-refractivity contribution in [2.75, 3.05) is 7.11 Å². The lowest BCUT2D eigenvalue weighted by atomic mass is 10.2. The molecule has 0 fully saturated rings. The number of carbonyl (C=O) groups is 2. The Morgan fingerprint density at radius 1 is 1.00 bits per heavy atom. The van der Waals surface area contributed by atoms with E-state index in [9.17, 15) is 9.59 Å². The maximum atomic E-state index is 11.3. The first-order valence-electron chi connectivity index (χ1n) is 5.76. The average Bonchev–Trinajstić information content (AvgIpc) is 2.47. The van der Waals surface area contributed by atoms with Gasteiger partial charge in [0.1, 0.15) is 0 Å². The third-order valence-corrected chi connectivity index (χ3v) is 5.19. The van der Waals surface area contributed by atoms with Crippen LogP contribution in [0, 0.1) is 7.14 Å².